The maximum absolute atomic E-state index is 6.28. The van der Waals surface area contributed by atoms with E-state index in [1.165, 1.54) is 52.9 Å². The molecule has 0 spiro atoms. The van der Waals surface area contributed by atoms with E-state index in [-0.39, 0.29) is 13.4 Å². The van der Waals surface area contributed by atoms with Crippen molar-refractivity contribution in [3.8, 4) is 23.0 Å². The van der Waals surface area contributed by atoms with E-state index in [0.29, 0.717) is 0 Å². The lowest BCUT2D eigenvalue weighted by Crippen LogP contribution is -2.54. The predicted molar refractivity (Wildman–Crippen MR) is 175 cm³/mol. The van der Waals surface area contributed by atoms with Crippen molar-refractivity contribution in [3.05, 3.63) is 133 Å². The van der Waals surface area contributed by atoms with Crippen LogP contribution in [0.4, 0.5) is 0 Å². The summed E-state index contributed by atoms with van der Waals surface area (Å²) in [6.45, 7) is 0.271. The maximum atomic E-state index is 6.28. The normalized spacial score (nSPS) is 13.2. The highest BCUT2D eigenvalue weighted by atomic mass is 32.1. The van der Waals surface area contributed by atoms with Gasteiger partial charge in [-0.2, -0.15) is 0 Å². The van der Waals surface area contributed by atoms with Crippen LogP contribution in [0.25, 0.3) is 20.2 Å². The molecule has 9 rings (SSSR count). The summed E-state index contributed by atoms with van der Waals surface area (Å²) in [5.41, 5.74) is 7.44. The molecular formula is C36H22B2O2S. The molecule has 0 fully saturated rings. The first kappa shape index (κ1) is 23.0. The quantitative estimate of drug-likeness (QED) is 0.278. The zero-order chi connectivity index (χ0) is 26.9. The van der Waals surface area contributed by atoms with E-state index in [1.54, 1.807) is 0 Å². The molecule has 41 heavy (non-hydrogen) atoms. The number of para-hydroxylation sites is 4. The van der Waals surface area contributed by atoms with E-state index in [9.17, 15) is 0 Å². The number of hydrogen-bond donors (Lipinski definition) is 0. The Balaban J connectivity index is 1.19. The lowest BCUT2D eigenvalue weighted by atomic mass is 9.36. The van der Waals surface area contributed by atoms with Crippen LogP contribution in [0.2, 0.25) is 0 Å². The summed E-state index contributed by atoms with van der Waals surface area (Å²) < 4.78 is 15.2. The van der Waals surface area contributed by atoms with Gasteiger partial charge in [0.05, 0.1) is 0 Å². The monoisotopic (exact) mass is 540 g/mol. The average Bonchev–Trinajstić information content (AvgIpc) is 3.39. The number of hydrogen-bond acceptors (Lipinski definition) is 3. The lowest BCUT2D eigenvalue weighted by molar-refractivity contribution is 0.487. The van der Waals surface area contributed by atoms with Gasteiger partial charge < -0.3 is 9.47 Å². The van der Waals surface area contributed by atoms with Crippen LogP contribution in [-0.4, -0.2) is 13.4 Å². The minimum absolute atomic E-state index is 0.136. The summed E-state index contributed by atoms with van der Waals surface area (Å²) in [7, 11) is 0. The molecule has 0 bridgehead atoms. The van der Waals surface area contributed by atoms with Gasteiger partial charge in [-0.15, -0.1) is 11.3 Å². The van der Waals surface area contributed by atoms with Gasteiger partial charge in [-0.05, 0) is 58.2 Å². The molecule has 3 heterocycles. The fourth-order valence-corrected chi connectivity index (χ4v) is 7.91. The van der Waals surface area contributed by atoms with Gasteiger partial charge in [0.15, 0.2) is 0 Å². The third-order valence-electron chi connectivity index (χ3n) is 8.55. The van der Waals surface area contributed by atoms with Crippen molar-refractivity contribution in [2.75, 3.05) is 0 Å². The maximum Gasteiger partial charge on any atom is 0.250 e. The summed E-state index contributed by atoms with van der Waals surface area (Å²) in [5, 5.41) is 2.61. The highest BCUT2D eigenvalue weighted by Crippen LogP contribution is 2.34. The third kappa shape index (κ3) is 3.52. The molecule has 0 aliphatic carbocycles. The molecule has 0 saturated carbocycles. The van der Waals surface area contributed by atoms with E-state index in [0.717, 1.165) is 23.0 Å². The molecule has 2 aliphatic rings. The van der Waals surface area contributed by atoms with Crippen LogP contribution in [0.3, 0.4) is 0 Å². The molecule has 7 aromatic rings. The molecule has 1 aromatic heterocycles. The number of fused-ring (bicyclic) bond motifs is 7. The summed E-state index contributed by atoms with van der Waals surface area (Å²) in [6.07, 6.45) is 0. The van der Waals surface area contributed by atoms with Crippen LogP contribution in [0.15, 0.2) is 133 Å². The van der Waals surface area contributed by atoms with Crippen molar-refractivity contribution in [1.82, 2.24) is 0 Å². The SMILES string of the molecule is c1ccc2c(c1)Oc1ccccc1B2c1ccc2c(c1)sc1cc(B3c4ccccc4Oc4ccccc43)ccc12. The lowest BCUT2D eigenvalue weighted by Gasteiger charge is -2.26. The molecule has 0 amide bonds. The van der Waals surface area contributed by atoms with Gasteiger partial charge in [-0.3, -0.25) is 0 Å². The second kappa shape index (κ2) is 8.89. The summed E-state index contributed by atoms with van der Waals surface area (Å²) in [5.74, 6) is 3.76. The second-order valence-corrected chi connectivity index (χ2v) is 11.9. The Hall–Kier alpha value is -4.73. The van der Waals surface area contributed by atoms with Crippen LogP contribution in [-0.2, 0) is 0 Å². The largest absolute Gasteiger partial charge is 0.458 e. The second-order valence-electron chi connectivity index (χ2n) is 10.8. The highest BCUT2D eigenvalue weighted by Gasteiger charge is 2.33. The zero-order valence-corrected chi connectivity index (χ0v) is 22.9. The molecule has 0 saturated heterocycles. The van der Waals surface area contributed by atoms with Gasteiger partial charge in [0.2, 0.25) is 0 Å². The van der Waals surface area contributed by atoms with E-state index < -0.39 is 0 Å². The van der Waals surface area contributed by atoms with Gasteiger partial charge in [0.1, 0.15) is 23.0 Å². The van der Waals surface area contributed by atoms with Crippen molar-refractivity contribution in [2.24, 2.45) is 0 Å². The standard InChI is InChI=1S/C36H22B2O2S/c1-5-13-31-27(9-1)37(28-10-2-6-14-32(28)39-31)23-17-19-25-26-20-18-24(22-36(26)41-35(25)21-23)38-29-11-3-7-15-33(29)40-34-16-8-4-12-30(34)38/h1-22H. The van der Waals surface area contributed by atoms with Crippen molar-refractivity contribution in [3.63, 3.8) is 0 Å². The first-order valence-electron chi connectivity index (χ1n) is 14.0. The van der Waals surface area contributed by atoms with Crippen LogP contribution in [0, 0.1) is 0 Å². The fraction of sp³-hybridized carbons (Fsp3) is 0. The molecule has 2 aliphatic heterocycles. The van der Waals surface area contributed by atoms with Crippen molar-refractivity contribution in [1.29, 1.82) is 0 Å². The molecule has 5 heteroatoms. The number of rotatable bonds is 2. The summed E-state index contributed by atoms with van der Waals surface area (Å²) >= 11 is 1.88. The third-order valence-corrected chi connectivity index (χ3v) is 9.66. The van der Waals surface area contributed by atoms with E-state index >= 15 is 0 Å². The topological polar surface area (TPSA) is 18.5 Å². The van der Waals surface area contributed by atoms with Gasteiger partial charge in [-0.25, -0.2) is 0 Å². The molecule has 190 valence electrons. The number of benzene rings is 6. The minimum atomic E-state index is 0.136. The van der Waals surface area contributed by atoms with Crippen molar-refractivity contribution >= 4 is 77.7 Å². The smallest absolute Gasteiger partial charge is 0.250 e. The zero-order valence-electron chi connectivity index (χ0n) is 22.1. The predicted octanol–water partition coefficient (Wildman–Crippen LogP) is 5.30. The number of thiophene rings is 1. The Morgan fingerprint density at radius 1 is 0.390 bits per heavy atom. The van der Waals surface area contributed by atoms with E-state index in [4.69, 9.17) is 9.47 Å². The van der Waals surface area contributed by atoms with E-state index in [1.807, 2.05) is 35.6 Å². The number of ether oxygens (including phenoxy) is 2. The summed E-state index contributed by atoms with van der Waals surface area (Å²) in [6, 6.07) is 47.7. The van der Waals surface area contributed by atoms with Crippen LogP contribution in [0.1, 0.15) is 0 Å². The fourth-order valence-electron chi connectivity index (χ4n) is 6.71. The first-order valence-corrected chi connectivity index (χ1v) is 14.8. The Morgan fingerprint density at radius 2 is 0.732 bits per heavy atom. The molecule has 0 unspecified atom stereocenters. The Bertz CT molecular complexity index is 1910. The molecule has 2 nitrogen and oxygen atoms in total. The van der Waals surface area contributed by atoms with E-state index in [2.05, 4.69) is 109 Å². The van der Waals surface area contributed by atoms with Gasteiger partial charge in [0.25, 0.3) is 13.4 Å². The minimum Gasteiger partial charge on any atom is -0.458 e. The molecule has 0 atom stereocenters. The van der Waals surface area contributed by atoms with Crippen LogP contribution >= 0.6 is 11.3 Å². The van der Waals surface area contributed by atoms with Crippen molar-refractivity contribution in [2.45, 2.75) is 0 Å². The molecule has 0 radical (unpaired) electrons. The molecule has 0 N–H and O–H groups in total. The summed E-state index contributed by atoms with van der Waals surface area (Å²) in [4.78, 5) is 0. The molecule has 6 aromatic carbocycles. The van der Waals surface area contributed by atoms with Crippen LogP contribution in [0.5, 0.6) is 23.0 Å². The van der Waals surface area contributed by atoms with Gasteiger partial charge in [0, 0.05) is 20.2 Å². The molecular weight excluding hydrogens is 518 g/mol. The Labute approximate surface area is 243 Å². The average molecular weight is 540 g/mol. The Kier molecular flexibility index (Phi) is 4.99. The van der Waals surface area contributed by atoms with Gasteiger partial charge in [-0.1, -0.05) is 108 Å². The first-order chi connectivity index (χ1) is 20.3. The van der Waals surface area contributed by atoms with Gasteiger partial charge >= 0.3 is 0 Å². The Morgan fingerprint density at radius 3 is 1.10 bits per heavy atom. The van der Waals surface area contributed by atoms with Crippen LogP contribution < -0.4 is 42.3 Å². The highest BCUT2D eigenvalue weighted by molar-refractivity contribution is 7.26. The van der Waals surface area contributed by atoms with Crippen molar-refractivity contribution < 1.29 is 9.47 Å².